The van der Waals surface area contributed by atoms with Gasteiger partial charge in [-0.15, -0.1) is 11.3 Å². The minimum absolute atomic E-state index is 0.568. The quantitative estimate of drug-likeness (QED) is 0.766. The second kappa shape index (κ2) is 8.41. The fourth-order valence-corrected chi connectivity index (χ4v) is 3.92. The van der Waals surface area contributed by atoms with Gasteiger partial charge in [0.15, 0.2) is 0 Å². The highest BCUT2D eigenvalue weighted by molar-refractivity contribution is 7.99. The molecule has 0 spiro atoms. The van der Waals surface area contributed by atoms with E-state index in [2.05, 4.69) is 32.2 Å². The molecule has 0 aliphatic rings. The van der Waals surface area contributed by atoms with Crippen molar-refractivity contribution in [2.75, 3.05) is 18.1 Å². The van der Waals surface area contributed by atoms with Gasteiger partial charge in [-0.2, -0.15) is 11.8 Å². The molecule has 1 heterocycles. The number of thioether (sulfide) groups is 1. The Labute approximate surface area is 118 Å². The number of thiophene rings is 1. The lowest BCUT2D eigenvalue weighted by Gasteiger charge is -2.17. The summed E-state index contributed by atoms with van der Waals surface area (Å²) in [5.74, 6) is 3.20. The Balaban J connectivity index is 2.37. The third kappa shape index (κ3) is 6.70. The lowest BCUT2D eigenvalue weighted by atomic mass is 10.2. The maximum atomic E-state index is 5.96. The Morgan fingerprint density at radius 1 is 1.35 bits per heavy atom. The van der Waals surface area contributed by atoms with Gasteiger partial charge in [-0.25, -0.2) is 0 Å². The monoisotopic (exact) mass is 291 g/mol. The number of likely N-dealkylation sites (N-methyl/N-ethyl adjacent to an activating group) is 1. The molecular weight excluding hydrogens is 270 g/mol. The first-order chi connectivity index (χ1) is 8.11. The van der Waals surface area contributed by atoms with Crippen molar-refractivity contribution in [3.05, 3.63) is 21.3 Å². The zero-order valence-corrected chi connectivity index (χ0v) is 13.2. The van der Waals surface area contributed by atoms with Crippen molar-refractivity contribution in [2.24, 2.45) is 5.92 Å². The van der Waals surface area contributed by atoms with Crippen LogP contribution in [0.4, 0.5) is 0 Å². The molecule has 1 nitrogen and oxygen atoms in total. The smallest absolute Gasteiger partial charge is 0.0931 e. The van der Waals surface area contributed by atoms with Crippen LogP contribution < -0.4 is 5.32 Å². The van der Waals surface area contributed by atoms with Crippen molar-refractivity contribution >= 4 is 34.7 Å². The molecule has 0 saturated carbocycles. The molecule has 0 aromatic carbocycles. The Hall–Kier alpha value is 0.300. The molecule has 0 saturated heterocycles. The predicted molar refractivity (Wildman–Crippen MR) is 82.7 cm³/mol. The van der Waals surface area contributed by atoms with Gasteiger partial charge in [0.2, 0.25) is 0 Å². The van der Waals surface area contributed by atoms with Crippen LogP contribution in [0.3, 0.4) is 0 Å². The van der Waals surface area contributed by atoms with Crippen LogP contribution in [0.15, 0.2) is 12.1 Å². The SMILES string of the molecule is CCNC(CSCC(C)C)Cc1ccc(Cl)s1. The maximum Gasteiger partial charge on any atom is 0.0931 e. The lowest BCUT2D eigenvalue weighted by molar-refractivity contribution is 0.575. The van der Waals surface area contributed by atoms with E-state index >= 15 is 0 Å². The molecular formula is C13H22ClNS2. The average Bonchev–Trinajstić information content (AvgIpc) is 2.63. The fourth-order valence-electron chi connectivity index (χ4n) is 1.63. The highest BCUT2D eigenvalue weighted by atomic mass is 35.5. The van der Waals surface area contributed by atoms with E-state index in [1.807, 2.05) is 17.8 Å². The molecule has 1 N–H and O–H groups in total. The fraction of sp³-hybridized carbons (Fsp3) is 0.692. The summed E-state index contributed by atoms with van der Waals surface area (Å²) in [7, 11) is 0. The molecule has 1 unspecified atom stereocenters. The van der Waals surface area contributed by atoms with E-state index < -0.39 is 0 Å². The zero-order valence-electron chi connectivity index (χ0n) is 10.8. The van der Waals surface area contributed by atoms with Gasteiger partial charge >= 0.3 is 0 Å². The number of halogens is 1. The topological polar surface area (TPSA) is 12.0 Å². The average molecular weight is 292 g/mol. The van der Waals surface area contributed by atoms with Crippen LogP contribution in [-0.2, 0) is 6.42 Å². The Kier molecular flexibility index (Phi) is 7.60. The Morgan fingerprint density at radius 3 is 2.65 bits per heavy atom. The molecule has 1 rings (SSSR count). The van der Waals surface area contributed by atoms with Crippen LogP contribution >= 0.6 is 34.7 Å². The second-order valence-corrected chi connectivity index (χ2v) is 7.47. The van der Waals surface area contributed by atoms with Gasteiger partial charge in [-0.3, -0.25) is 0 Å². The Bertz CT molecular complexity index is 312. The van der Waals surface area contributed by atoms with Crippen molar-refractivity contribution in [2.45, 2.75) is 33.2 Å². The minimum atomic E-state index is 0.568. The highest BCUT2D eigenvalue weighted by Crippen LogP contribution is 2.23. The predicted octanol–water partition coefficient (Wildman–Crippen LogP) is 4.31. The summed E-state index contributed by atoms with van der Waals surface area (Å²) in [5, 5.41) is 3.56. The van der Waals surface area contributed by atoms with E-state index in [9.17, 15) is 0 Å². The van der Waals surface area contributed by atoms with Gasteiger partial charge in [-0.05, 0) is 36.8 Å². The number of rotatable bonds is 8. The molecule has 1 aromatic heterocycles. The third-order valence-corrected chi connectivity index (χ3v) is 5.13. The normalized spacial score (nSPS) is 13.2. The van der Waals surface area contributed by atoms with Gasteiger partial charge in [0.05, 0.1) is 4.34 Å². The molecule has 0 amide bonds. The molecule has 0 fully saturated rings. The third-order valence-electron chi connectivity index (χ3n) is 2.34. The summed E-state index contributed by atoms with van der Waals surface area (Å²) >= 11 is 9.70. The van der Waals surface area contributed by atoms with E-state index in [4.69, 9.17) is 11.6 Å². The summed E-state index contributed by atoms with van der Waals surface area (Å²) in [6, 6.07) is 4.70. The maximum absolute atomic E-state index is 5.96. The van der Waals surface area contributed by atoms with E-state index in [0.717, 1.165) is 23.2 Å². The molecule has 0 aliphatic carbocycles. The molecule has 0 bridgehead atoms. The largest absolute Gasteiger partial charge is 0.313 e. The molecule has 1 atom stereocenters. The molecule has 98 valence electrons. The molecule has 1 aromatic rings. The lowest BCUT2D eigenvalue weighted by Crippen LogP contribution is -2.33. The van der Waals surface area contributed by atoms with E-state index in [0.29, 0.717) is 6.04 Å². The van der Waals surface area contributed by atoms with Crippen molar-refractivity contribution < 1.29 is 0 Å². The van der Waals surface area contributed by atoms with Crippen molar-refractivity contribution in [3.63, 3.8) is 0 Å². The van der Waals surface area contributed by atoms with E-state index in [1.54, 1.807) is 11.3 Å². The summed E-state index contributed by atoms with van der Waals surface area (Å²) in [4.78, 5) is 1.38. The molecule has 0 radical (unpaired) electrons. The summed E-state index contributed by atoms with van der Waals surface area (Å²) < 4.78 is 0.894. The first kappa shape index (κ1) is 15.4. The Morgan fingerprint density at radius 2 is 2.12 bits per heavy atom. The second-order valence-electron chi connectivity index (χ2n) is 4.60. The van der Waals surface area contributed by atoms with Crippen molar-refractivity contribution in [3.8, 4) is 0 Å². The van der Waals surface area contributed by atoms with Crippen LogP contribution in [0.25, 0.3) is 0 Å². The molecule has 17 heavy (non-hydrogen) atoms. The first-order valence-corrected chi connectivity index (χ1v) is 8.52. The number of nitrogens with one attached hydrogen (secondary N) is 1. The summed E-state index contributed by atoms with van der Waals surface area (Å²) in [5.41, 5.74) is 0. The van der Waals surface area contributed by atoms with Gasteiger partial charge in [0.1, 0.15) is 0 Å². The van der Waals surface area contributed by atoms with E-state index in [-0.39, 0.29) is 0 Å². The van der Waals surface area contributed by atoms with Crippen molar-refractivity contribution in [1.82, 2.24) is 5.32 Å². The van der Waals surface area contributed by atoms with Gasteiger partial charge in [0.25, 0.3) is 0 Å². The number of hydrogen-bond acceptors (Lipinski definition) is 3. The minimum Gasteiger partial charge on any atom is -0.313 e. The van der Waals surface area contributed by atoms with Crippen LogP contribution in [0.1, 0.15) is 25.6 Å². The standard InChI is InChI=1S/C13H22ClNS2/c1-4-15-11(9-16-8-10(2)3)7-12-5-6-13(14)17-12/h5-6,10-11,15H,4,7-9H2,1-3H3. The van der Waals surface area contributed by atoms with Crippen molar-refractivity contribution in [1.29, 1.82) is 0 Å². The molecule has 0 aliphatic heterocycles. The van der Waals surface area contributed by atoms with Crippen LogP contribution in [0.5, 0.6) is 0 Å². The van der Waals surface area contributed by atoms with Gasteiger partial charge < -0.3 is 5.32 Å². The molecule has 4 heteroatoms. The van der Waals surface area contributed by atoms with Crippen LogP contribution in [0.2, 0.25) is 4.34 Å². The number of hydrogen-bond donors (Lipinski definition) is 1. The van der Waals surface area contributed by atoms with Crippen LogP contribution in [-0.4, -0.2) is 24.1 Å². The summed E-state index contributed by atoms with van der Waals surface area (Å²) in [6.07, 6.45) is 1.09. The van der Waals surface area contributed by atoms with Gasteiger partial charge in [-0.1, -0.05) is 32.4 Å². The van der Waals surface area contributed by atoms with Gasteiger partial charge in [0, 0.05) is 16.7 Å². The van der Waals surface area contributed by atoms with E-state index in [1.165, 1.54) is 16.4 Å². The summed E-state index contributed by atoms with van der Waals surface area (Å²) in [6.45, 7) is 7.75. The zero-order chi connectivity index (χ0) is 12.7. The van der Waals surface area contributed by atoms with Crippen LogP contribution in [0, 0.1) is 5.92 Å². The first-order valence-electron chi connectivity index (χ1n) is 6.17. The highest BCUT2D eigenvalue weighted by Gasteiger charge is 2.10.